The lowest BCUT2D eigenvalue weighted by molar-refractivity contribution is 0.379. The summed E-state index contributed by atoms with van der Waals surface area (Å²) in [5.74, 6) is 2.04. The van der Waals surface area contributed by atoms with Crippen molar-refractivity contribution in [1.29, 1.82) is 0 Å². The first-order valence-electron chi connectivity index (χ1n) is 8.26. The van der Waals surface area contributed by atoms with Gasteiger partial charge in [-0.3, -0.25) is 0 Å². The van der Waals surface area contributed by atoms with E-state index in [0.717, 1.165) is 17.0 Å². The van der Waals surface area contributed by atoms with Crippen molar-refractivity contribution in [2.24, 2.45) is 5.10 Å². The zero-order valence-corrected chi connectivity index (χ0v) is 15.6. The lowest BCUT2D eigenvalue weighted by Crippen LogP contribution is -1.96. The van der Waals surface area contributed by atoms with Gasteiger partial charge >= 0.3 is 0 Å². The maximum Gasteiger partial charge on any atom is 0.169 e. The van der Waals surface area contributed by atoms with Crippen LogP contribution < -0.4 is 19.6 Å². The number of hydrogen-bond donors (Lipinski definition) is 2. The van der Waals surface area contributed by atoms with Crippen molar-refractivity contribution < 1.29 is 9.47 Å². The summed E-state index contributed by atoms with van der Waals surface area (Å²) in [4.78, 5) is 0. The van der Waals surface area contributed by atoms with Crippen molar-refractivity contribution in [2.45, 2.75) is 0 Å². The summed E-state index contributed by atoms with van der Waals surface area (Å²) in [5, 5.41) is 7.00. The normalized spacial score (nSPS) is 10.1. The fourth-order valence-electron chi connectivity index (χ4n) is 2.21. The van der Waals surface area contributed by atoms with Crippen molar-refractivity contribution in [3.63, 3.8) is 0 Å². The van der Waals surface area contributed by atoms with Gasteiger partial charge in [0.1, 0.15) is 5.75 Å². The molecule has 0 spiro atoms. The van der Waals surface area contributed by atoms with Crippen LogP contribution in [0, 0.1) is 5.31 Å². The van der Waals surface area contributed by atoms with E-state index >= 15 is 0 Å². The van der Waals surface area contributed by atoms with Gasteiger partial charge in [0, 0.05) is 17.0 Å². The van der Waals surface area contributed by atoms with Gasteiger partial charge in [0.2, 0.25) is 0 Å². The maximum atomic E-state index is 5.85. The summed E-state index contributed by atoms with van der Waals surface area (Å²) in [6.45, 7) is 0. The van der Waals surface area contributed by atoms with Crippen LogP contribution >= 0.6 is 11.4 Å². The minimum Gasteiger partial charge on any atom is -0.493 e. The third-order valence-corrected chi connectivity index (χ3v) is 4.01. The molecule has 0 aromatic heterocycles. The van der Waals surface area contributed by atoms with Crippen LogP contribution in [0.25, 0.3) is 0 Å². The standard InChI is InChI=1S/C21H19N3O2S/c1-25-21-14-17(12-13-20(21)26-19-10-6-3-7-11-19)15-22-23-16-27-24-18-8-4-2-5-9-18/h2-15,23-24H,1H3/b22-15+. The summed E-state index contributed by atoms with van der Waals surface area (Å²) in [6.07, 6.45) is 1.69. The molecule has 0 atom stereocenters. The average Bonchev–Trinajstić information content (AvgIpc) is 2.73. The Morgan fingerprint density at radius 3 is 2.41 bits per heavy atom. The lowest BCUT2D eigenvalue weighted by atomic mass is 10.2. The van der Waals surface area contributed by atoms with E-state index in [4.69, 9.17) is 9.47 Å². The summed E-state index contributed by atoms with van der Waals surface area (Å²) in [5.41, 5.74) is 4.62. The molecule has 0 aliphatic rings. The van der Waals surface area contributed by atoms with E-state index in [1.54, 1.807) is 13.3 Å². The van der Waals surface area contributed by atoms with Crippen LogP contribution in [-0.4, -0.2) is 13.3 Å². The molecule has 0 amide bonds. The van der Waals surface area contributed by atoms with Gasteiger partial charge in [0.05, 0.1) is 18.6 Å². The van der Waals surface area contributed by atoms with Crippen LogP contribution in [0.3, 0.4) is 0 Å². The molecular formula is C21H19N3O2S. The van der Waals surface area contributed by atoms with Crippen molar-refractivity contribution in [2.75, 3.05) is 11.8 Å². The van der Waals surface area contributed by atoms with E-state index < -0.39 is 0 Å². The van der Waals surface area contributed by atoms with Gasteiger partial charge in [0.15, 0.2) is 11.5 Å². The minimum absolute atomic E-state index is 0.635. The molecule has 0 radical (unpaired) electrons. The van der Waals surface area contributed by atoms with E-state index in [1.807, 2.05) is 78.9 Å². The van der Waals surface area contributed by atoms with Crippen LogP contribution in [-0.2, 0) is 0 Å². The van der Waals surface area contributed by atoms with Gasteiger partial charge in [-0.25, -0.2) is 5.43 Å². The van der Waals surface area contributed by atoms with Crippen molar-refractivity contribution in [3.05, 3.63) is 84.4 Å². The molecule has 3 aromatic rings. The third-order valence-electron chi connectivity index (χ3n) is 3.48. The largest absolute Gasteiger partial charge is 0.493 e. The molecule has 3 rings (SSSR count). The number of para-hydroxylation sites is 2. The summed E-state index contributed by atoms with van der Waals surface area (Å²) >= 11 is 1.28. The molecule has 5 nitrogen and oxygen atoms in total. The van der Waals surface area contributed by atoms with Crippen molar-refractivity contribution in [1.82, 2.24) is 5.43 Å². The first-order chi connectivity index (χ1) is 13.3. The Kier molecular flexibility index (Phi) is 6.70. The number of anilines is 1. The maximum absolute atomic E-state index is 5.85. The number of rotatable bonds is 6. The van der Waals surface area contributed by atoms with E-state index in [0.29, 0.717) is 11.5 Å². The topological polar surface area (TPSA) is 54.9 Å². The number of ether oxygens (including phenoxy) is 2. The Bertz CT molecular complexity index is 951. The van der Waals surface area contributed by atoms with E-state index in [2.05, 4.69) is 20.6 Å². The molecule has 3 aromatic carbocycles. The number of hydrazone groups is 1. The molecule has 0 saturated heterocycles. The molecule has 136 valence electrons. The van der Waals surface area contributed by atoms with Crippen LogP contribution in [0.1, 0.15) is 5.56 Å². The number of benzene rings is 3. The highest BCUT2D eigenvalue weighted by Gasteiger charge is 2.06. The second kappa shape index (κ2) is 9.87. The molecule has 6 heteroatoms. The monoisotopic (exact) mass is 377 g/mol. The van der Waals surface area contributed by atoms with Gasteiger partial charge in [-0.05, 0) is 48.0 Å². The summed E-state index contributed by atoms with van der Waals surface area (Å²) in [6, 6.07) is 25.0. The second-order valence-corrected chi connectivity index (χ2v) is 5.98. The Morgan fingerprint density at radius 1 is 0.926 bits per heavy atom. The van der Waals surface area contributed by atoms with Crippen LogP contribution in [0.4, 0.5) is 5.69 Å². The highest BCUT2D eigenvalue weighted by molar-refractivity contribution is 7.90. The molecule has 27 heavy (non-hydrogen) atoms. The first kappa shape index (κ1) is 18.3. The Balaban J connectivity index is 1.58. The molecule has 0 aliphatic heterocycles. The summed E-state index contributed by atoms with van der Waals surface area (Å²) in [7, 11) is 1.61. The highest BCUT2D eigenvalue weighted by atomic mass is 32.1. The van der Waals surface area contributed by atoms with E-state index in [1.165, 1.54) is 11.4 Å². The minimum atomic E-state index is 0.635. The van der Waals surface area contributed by atoms with Crippen LogP contribution in [0.2, 0.25) is 0 Å². The highest BCUT2D eigenvalue weighted by Crippen LogP contribution is 2.31. The molecule has 2 N–H and O–H groups in total. The number of methoxy groups -OCH3 is 1. The van der Waals surface area contributed by atoms with Crippen LogP contribution in [0.5, 0.6) is 17.2 Å². The van der Waals surface area contributed by atoms with E-state index in [9.17, 15) is 0 Å². The number of nitrogens with zero attached hydrogens (tertiary/aromatic N) is 1. The molecular weight excluding hydrogens is 358 g/mol. The van der Waals surface area contributed by atoms with Crippen molar-refractivity contribution in [3.8, 4) is 22.6 Å². The number of hydrogen-bond acceptors (Lipinski definition) is 5. The first-order valence-corrected chi connectivity index (χ1v) is 9.08. The predicted molar refractivity (Wildman–Crippen MR) is 112 cm³/mol. The van der Waals surface area contributed by atoms with E-state index in [-0.39, 0.29) is 0 Å². The van der Waals surface area contributed by atoms with Gasteiger partial charge < -0.3 is 14.2 Å². The zero-order chi connectivity index (χ0) is 18.7. The molecule has 0 aliphatic carbocycles. The smallest absolute Gasteiger partial charge is 0.169 e. The molecule has 0 bridgehead atoms. The third kappa shape index (κ3) is 5.78. The summed E-state index contributed by atoms with van der Waals surface area (Å²) < 4.78 is 14.4. The van der Waals surface area contributed by atoms with Gasteiger partial charge in [-0.15, -0.1) is 0 Å². The quantitative estimate of drug-likeness (QED) is 0.272. The molecule has 0 heterocycles. The fourth-order valence-corrected chi connectivity index (χ4v) is 2.61. The average molecular weight is 377 g/mol. The second-order valence-electron chi connectivity index (χ2n) is 5.37. The van der Waals surface area contributed by atoms with Gasteiger partial charge in [-0.1, -0.05) is 36.4 Å². The zero-order valence-electron chi connectivity index (χ0n) is 14.8. The molecule has 0 unspecified atom stereocenters. The fraction of sp³-hybridized carbons (Fsp3) is 0.0476. The van der Waals surface area contributed by atoms with Crippen LogP contribution in [0.15, 0.2) is 84.0 Å². The lowest BCUT2D eigenvalue weighted by Gasteiger charge is -2.10. The number of nitrogens with one attached hydrogen (secondary N) is 2. The SMILES string of the molecule is COc1cc(/C=N/NC#SNc2ccccc2)ccc1Oc1ccccc1. The Morgan fingerprint density at radius 2 is 1.67 bits per heavy atom. The molecule has 0 fully saturated rings. The van der Waals surface area contributed by atoms with Gasteiger partial charge in [-0.2, -0.15) is 5.10 Å². The Hall–Kier alpha value is -3.47. The van der Waals surface area contributed by atoms with Gasteiger partial charge in [0.25, 0.3) is 0 Å². The van der Waals surface area contributed by atoms with Crippen molar-refractivity contribution >= 4 is 23.3 Å². The Labute approximate surface area is 162 Å². The molecule has 0 saturated carbocycles. The predicted octanol–water partition coefficient (Wildman–Crippen LogP) is 5.09.